The van der Waals surface area contributed by atoms with E-state index >= 15 is 0 Å². The Morgan fingerprint density at radius 2 is 2.05 bits per heavy atom. The van der Waals surface area contributed by atoms with Gasteiger partial charge >= 0.3 is 0 Å². The van der Waals surface area contributed by atoms with Crippen LogP contribution in [0, 0.1) is 0 Å². The molecule has 19 heavy (non-hydrogen) atoms. The van der Waals surface area contributed by atoms with E-state index in [0.717, 1.165) is 36.7 Å². The number of hydrogen-bond donors (Lipinski definition) is 1. The standard InChI is InChI=1S/C16H21NO2/c1-11-8-16(10-17(11)12-6-7-12)9-14(18)13-4-2-3-5-15(13)19-16/h2-5,11-12,14,18H,6-10H2,1H3/t11?,14-,16?/m1/s1. The van der Waals surface area contributed by atoms with Gasteiger partial charge in [0.1, 0.15) is 11.4 Å². The van der Waals surface area contributed by atoms with E-state index in [0.29, 0.717) is 6.04 Å². The molecule has 2 unspecified atom stereocenters. The molecule has 0 aromatic heterocycles. The third kappa shape index (κ3) is 1.87. The quantitative estimate of drug-likeness (QED) is 0.841. The van der Waals surface area contributed by atoms with Gasteiger partial charge in [-0.1, -0.05) is 18.2 Å². The molecule has 0 amide bonds. The average Bonchev–Trinajstić information content (AvgIpc) is 3.16. The predicted octanol–water partition coefficient (Wildman–Crippen LogP) is 2.50. The van der Waals surface area contributed by atoms with Gasteiger partial charge in [-0.15, -0.1) is 0 Å². The van der Waals surface area contributed by atoms with Gasteiger partial charge in [0.15, 0.2) is 0 Å². The first-order chi connectivity index (χ1) is 9.17. The summed E-state index contributed by atoms with van der Waals surface area (Å²) in [6.07, 6.45) is 4.06. The minimum atomic E-state index is -0.378. The van der Waals surface area contributed by atoms with Crippen molar-refractivity contribution in [3.05, 3.63) is 29.8 Å². The second-order valence-corrected chi connectivity index (χ2v) is 6.50. The molecule has 2 heterocycles. The van der Waals surface area contributed by atoms with Gasteiger partial charge in [-0.05, 0) is 25.8 Å². The highest BCUT2D eigenvalue weighted by Crippen LogP contribution is 2.47. The summed E-state index contributed by atoms with van der Waals surface area (Å²) < 4.78 is 6.33. The number of fused-ring (bicyclic) bond motifs is 1. The Morgan fingerprint density at radius 1 is 1.26 bits per heavy atom. The fraction of sp³-hybridized carbons (Fsp3) is 0.625. The summed E-state index contributed by atoms with van der Waals surface area (Å²) in [5, 5.41) is 10.4. The van der Waals surface area contributed by atoms with Gasteiger partial charge < -0.3 is 9.84 Å². The van der Waals surface area contributed by atoms with E-state index in [4.69, 9.17) is 4.74 Å². The predicted molar refractivity (Wildman–Crippen MR) is 73.2 cm³/mol. The molecule has 3 heteroatoms. The van der Waals surface area contributed by atoms with Crippen LogP contribution in [0.2, 0.25) is 0 Å². The van der Waals surface area contributed by atoms with Crippen LogP contribution in [0.4, 0.5) is 0 Å². The number of likely N-dealkylation sites (tertiary alicyclic amines) is 1. The molecule has 1 saturated heterocycles. The highest BCUT2D eigenvalue weighted by atomic mass is 16.5. The zero-order valence-corrected chi connectivity index (χ0v) is 11.4. The normalized spacial score (nSPS) is 38.2. The summed E-state index contributed by atoms with van der Waals surface area (Å²) in [6.45, 7) is 3.27. The number of aliphatic hydroxyl groups excluding tert-OH is 1. The minimum absolute atomic E-state index is 0.171. The molecule has 1 aromatic rings. The summed E-state index contributed by atoms with van der Waals surface area (Å²) in [5.74, 6) is 0.881. The lowest BCUT2D eigenvalue weighted by atomic mass is 9.87. The van der Waals surface area contributed by atoms with Crippen LogP contribution in [0.15, 0.2) is 24.3 Å². The van der Waals surface area contributed by atoms with Crippen LogP contribution in [0.25, 0.3) is 0 Å². The van der Waals surface area contributed by atoms with E-state index in [9.17, 15) is 5.11 Å². The van der Waals surface area contributed by atoms with E-state index in [-0.39, 0.29) is 11.7 Å². The molecule has 102 valence electrons. The average molecular weight is 259 g/mol. The van der Waals surface area contributed by atoms with Gasteiger partial charge in [0, 0.05) is 37.0 Å². The van der Waals surface area contributed by atoms with Crippen LogP contribution in [-0.4, -0.2) is 34.2 Å². The van der Waals surface area contributed by atoms with Gasteiger partial charge in [-0.2, -0.15) is 0 Å². The Morgan fingerprint density at radius 3 is 2.84 bits per heavy atom. The lowest BCUT2D eigenvalue weighted by Crippen LogP contribution is -2.44. The molecule has 4 rings (SSSR count). The SMILES string of the molecule is CC1CC2(C[C@@H](O)c3ccccc3O2)CN1C1CC1. The first-order valence-corrected chi connectivity index (χ1v) is 7.39. The third-order valence-electron chi connectivity index (χ3n) is 4.89. The number of aliphatic hydroxyl groups is 1. The van der Waals surface area contributed by atoms with Crippen LogP contribution in [0.1, 0.15) is 44.3 Å². The molecule has 0 radical (unpaired) electrons. The number of hydrogen-bond acceptors (Lipinski definition) is 3. The summed E-state index contributed by atoms with van der Waals surface area (Å²) >= 11 is 0. The Hall–Kier alpha value is -1.06. The zero-order chi connectivity index (χ0) is 13.0. The molecule has 3 aliphatic rings. The molecule has 0 bridgehead atoms. The van der Waals surface area contributed by atoms with Gasteiger partial charge in [-0.3, -0.25) is 4.90 Å². The van der Waals surface area contributed by atoms with Crippen molar-refractivity contribution < 1.29 is 9.84 Å². The van der Waals surface area contributed by atoms with E-state index < -0.39 is 0 Å². The molecule has 1 aromatic carbocycles. The third-order valence-corrected chi connectivity index (χ3v) is 4.89. The van der Waals surface area contributed by atoms with Crippen molar-refractivity contribution in [2.75, 3.05) is 6.54 Å². The van der Waals surface area contributed by atoms with Gasteiger partial charge in [-0.25, -0.2) is 0 Å². The van der Waals surface area contributed by atoms with Crippen LogP contribution >= 0.6 is 0 Å². The summed E-state index contributed by atoms with van der Waals surface area (Å²) in [4.78, 5) is 2.58. The molecular weight excluding hydrogens is 238 g/mol. The minimum Gasteiger partial charge on any atom is -0.485 e. The number of para-hydroxylation sites is 1. The van der Waals surface area contributed by atoms with Crippen molar-refractivity contribution >= 4 is 0 Å². The molecule has 1 spiro atoms. The molecule has 3 atom stereocenters. The summed E-state index contributed by atoms with van der Waals surface area (Å²) in [5.41, 5.74) is 0.779. The Bertz CT molecular complexity index is 499. The number of benzene rings is 1. The molecule has 1 aliphatic carbocycles. The zero-order valence-electron chi connectivity index (χ0n) is 11.4. The van der Waals surface area contributed by atoms with Crippen molar-refractivity contribution in [1.82, 2.24) is 4.90 Å². The number of nitrogens with zero attached hydrogens (tertiary/aromatic N) is 1. The summed E-state index contributed by atoms with van der Waals surface area (Å²) in [7, 11) is 0. The fourth-order valence-electron chi connectivity index (χ4n) is 3.91. The first kappa shape index (κ1) is 11.7. The molecule has 1 saturated carbocycles. The lowest BCUT2D eigenvalue weighted by Gasteiger charge is -2.38. The van der Waals surface area contributed by atoms with Crippen LogP contribution in [-0.2, 0) is 0 Å². The molecule has 1 N–H and O–H groups in total. The van der Waals surface area contributed by atoms with Crippen molar-refractivity contribution in [2.24, 2.45) is 0 Å². The van der Waals surface area contributed by atoms with Crippen LogP contribution < -0.4 is 4.74 Å². The van der Waals surface area contributed by atoms with E-state index in [1.54, 1.807) is 0 Å². The van der Waals surface area contributed by atoms with Crippen molar-refractivity contribution in [3.63, 3.8) is 0 Å². The van der Waals surface area contributed by atoms with Gasteiger partial charge in [0.25, 0.3) is 0 Å². The molecule has 2 aliphatic heterocycles. The fourth-order valence-corrected chi connectivity index (χ4v) is 3.91. The summed E-state index contributed by atoms with van der Waals surface area (Å²) in [6, 6.07) is 9.27. The molecular formula is C16H21NO2. The highest BCUT2D eigenvalue weighted by molar-refractivity contribution is 5.38. The molecule has 3 nitrogen and oxygen atoms in total. The Balaban J connectivity index is 1.64. The molecule has 2 fully saturated rings. The largest absolute Gasteiger partial charge is 0.485 e. The monoisotopic (exact) mass is 259 g/mol. The Kier molecular flexibility index (Phi) is 2.45. The second-order valence-electron chi connectivity index (χ2n) is 6.50. The maximum absolute atomic E-state index is 10.4. The van der Waals surface area contributed by atoms with Crippen molar-refractivity contribution in [1.29, 1.82) is 0 Å². The smallest absolute Gasteiger partial charge is 0.126 e. The van der Waals surface area contributed by atoms with Crippen molar-refractivity contribution in [3.8, 4) is 5.75 Å². The second kappa shape index (κ2) is 3.97. The number of ether oxygens (including phenoxy) is 1. The van der Waals surface area contributed by atoms with E-state index in [1.807, 2.05) is 24.3 Å². The van der Waals surface area contributed by atoms with Crippen LogP contribution in [0.3, 0.4) is 0 Å². The van der Waals surface area contributed by atoms with E-state index in [1.165, 1.54) is 12.8 Å². The topological polar surface area (TPSA) is 32.7 Å². The van der Waals surface area contributed by atoms with E-state index in [2.05, 4.69) is 11.8 Å². The van der Waals surface area contributed by atoms with Gasteiger partial charge in [0.2, 0.25) is 0 Å². The maximum atomic E-state index is 10.4. The lowest BCUT2D eigenvalue weighted by molar-refractivity contribution is -0.00773. The maximum Gasteiger partial charge on any atom is 0.126 e. The van der Waals surface area contributed by atoms with Gasteiger partial charge in [0.05, 0.1) is 6.10 Å². The van der Waals surface area contributed by atoms with Crippen LogP contribution in [0.5, 0.6) is 5.75 Å². The van der Waals surface area contributed by atoms with Crippen molar-refractivity contribution in [2.45, 2.75) is 56.4 Å². The first-order valence-electron chi connectivity index (χ1n) is 7.39. The Labute approximate surface area is 114 Å². The highest BCUT2D eigenvalue weighted by Gasteiger charge is 2.51. The number of rotatable bonds is 1.